The van der Waals surface area contributed by atoms with E-state index in [9.17, 15) is 4.79 Å². The number of hydrogen-bond acceptors (Lipinski definition) is 2. The molecule has 2 amide bonds. The number of likely N-dealkylation sites (N-methyl/N-ethyl adjacent to an activating group) is 1. The van der Waals surface area contributed by atoms with Crippen LogP contribution in [0.3, 0.4) is 0 Å². The Hall–Kier alpha value is -2.49. The second-order valence-electron chi connectivity index (χ2n) is 5.63. The molecule has 2 aromatic rings. The lowest BCUT2D eigenvalue weighted by atomic mass is 10.2. The van der Waals surface area contributed by atoms with Gasteiger partial charge in [-0.2, -0.15) is 0 Å². The highest BCUT2D eigenvalue weighted by atomic mass is 16.2. The number of anilines is 2. The quantitative estimate of drug-likeness (QED) is 0.941. The fraction of sp³-hybridized carbons (Fsp3) is 0.278. The van der Waals surface area contributed by atoms with Crippen molar-refractivity contribution in [2.75, 3.05) is 30.4 Å². The number of rotatable bonds is 3. The van der Waals surface area contributed by atoms with Gasteiger partial charge in [-0.15, -0.1) is 0 Å². The minimum Gasteiger partial charge on any atom is -0.369 e. The molecule has 1 fully saturated rings. The summed E-state index contributed by atoms with van der Waals surface area (Å²) in [5.41, 5.74) is 2.05. The smallest absolute Gasteiger partial charge is 0.321 e. The first-order chi connectivity index (χ1) is 10.7. The normalized spacial score (nSPS) is 17.3. The maximum atomic E-state index is 12.3. The molecule has 1 aliphatic heterocycles. The van der Waals surface area contributed by atoms with E-state index in [0.29, 0.717) is 0 Å². The molecule has 0 aliphatic carbocycles. The fourth-order valence-electron chi connectivity index (χ4n) is 2.83. The summed E-state index contributed by atoms with van der Waals surface area (Å²) in [7, 11) is 1.87. The number of para-hydroxylation sites is 2. The number of carbonyl (C=O) groups is 1. The van der Waals surface area contributed by atoms with Crippen LogP contribution in [0, 0.1) is 0 Å². The molecular weight excluding hydrogens is 274 g/mol. The molecule has 0 aromatic heterocycles. The van der Waals surface area contributed by atoms with E-state index >= 15 is 0 Å². The lowest BCUT2D eigenvalue weighted by Gasteiger charge is -2.25. The SMILES string of the molecule is CN(C(=O)Nc1ccccc1)[C@H]1CCN(c2ccccc2)C1. The lowest BCUT2D eigenvalue weighted by molar-refractivity contribution is 0.208. The first kappa shape index (κ1) is 14.4. The van der Waals surface area contributed by atoms with Gasteiger partial charge in [0.25, 0.3) is 0 Å². The van der Waals surface area contributed by atoms with Gasteiger partial charge in [-0.3, -0.25) is 0 Å². The summed E-state index contributed by atoms with van der Waals surface area (Å²) < 4.78 is 0. The van der Waals surface area contributed by atoms with E-state index in [-0.39, 0.29) is 12.1 Å². The van der Waals surface area contributed by atoms with Gasteiger partial charge in [0.2, 0.25) is 0 Å². The molecule has 0 spiro atoms. The Morgan fingerprint density at radius 2 is 1.73 bits per heavy atom. The van der Waals surface area contributed by atoms with Crippen LogP contribution in [0.4, 0.5) is 16.2 Å². The zero-order chi connectivity index (χ0) is 15.4. The van der Waals surface area contributed by atoms with E-state index in [1.165, 1.54) is 5.69 Å². The lowest BCUT2D eigenvalue weighted by Crippen LogP contribution is -2.41. The van der Waals surface area contributed by atoms with Gasteiger partial charge < -0.3 is 15.1 Å². The van der Waals surface area contributed by atoms with Crippen molar-refractivity contribution >= 4 is 17.4 Å². The second-order valence-corrected chi connectivity index (χ2v) is 5.63. The minimum absolute atomic E-state index is 0.0499. The van der Waals surface area contributed by atoms with E-state index in [0.717, 1.165) is 25.2 Å². The highest BCUT2D eigenvalue weighted by Crippen LogP contribution is 2.22. The monoisotopic (exact) mass is 295 g/mol. The first-order valence-corrected chi connectivity index (χ1v) is 7.63. The molecule has 0 unspecified atom stereocenters. The summed E-state index contributed by atoms with van der Waals surface area (Å²) in [6.07, 6.45) is 0.994. The number of benzene rings is 2. The molecule has 1 saturated heterocycles. The molecule has 1 heterocycles. The number of hydrogen-bond donors (Lipinski definition) is 1. The maximum absolute atomic E-state index is 12.3. The molecule has 2 aromatic carbocycles. The summed E-state index contributed by atoms with van der Waals surface area (Å²) in [4.78, 5) is 16.5. The predicted octanol–water partition coefficient (Wildman–Crippen LogP) is 3.43. The van der Waals surface area contributed by atoms with E-state index in [4.69, 9.17) is 0 Å². The van der Waals surface area contributed by atoms with Gasteiger partial charge in [0, 0.05) is 31.5 Å². The van der Waals surface area contributed by atoms with Crippen molar-refractivity contribution in [1.29, 1.82) is 0 Å². The van der Waals surface area contributed by atoms with Gasteiger partial charge in [0.1, 0.15) is 0 Å². The van der Waals surface area contributed by atoms with Crippen LogP contribution in [-0.4, -0.2) is 37.1 Å². The highest BCUT2D eigenvalue weighted by Gasteiger charge is 2.28. The van der Waals surface area contributed by atoms with Crippen LogP contribution in [0.5, 0.6) is 0 Å². The van der Waals surface area contributed by atoms with Gasteiger partial charge in [0.15, 0.2) is 0 Å². The number of amides is 2. The van der Waals surface area contributed by atoms with Crippen molar-refractivity contribution in [2.24, 2.45) is 0 Å². The zero-order valence-corrected chi connectivity index (χ0v) is 12.8. The molecule has 0 radical (unpaired) electrons. The summed E-state index contributed by atoms with van der Waals surface area (Å²) in [5.74, 6) is 0. The fourth-order valence-corrected chi connectivity index (χ4v) is 2.83. The van der Waals surface area contributed by atoms with Crippen LogP contribution in [0.15, 0.2) is 60.7 Å². The van der Waals surface area contributed by atoms with Crippen molar-refractivity contribution < 1.29 is 4.79 Å². The molecule has 4 heteroatoms. The van der Waals surface area contributed by atoms with Gasteiger partial charge in [-0.1, -0.05) is 36.4 Å². The van der Waals surface area contributed by atoms with Crippen LogP contribution in [0.2, 0.25) is 0 Å². The van der Waals surface area contributed by atoms with Crippen molar-refractivity contribution in [3.8, 4) is 0 Å². The van der Waals surface area contributed by atoms with Crippen LogP contribution >= 0.6 is 0 Å². The van der Waals surface area contributed by atoms with Crippen molar-refractivity contribution in [2.45, 2.75) is 12.5 Å². The van der Waals surface area contributed by atoms with Crippen LogP contribution in [0.1, 0.15) is 6.42 Å². The molecule has 4 nitrogen and oxygen atoms in total. The van der Waals surface area contributed by atoms with Crippen LogP contribution in [-0.2, 0) is 0 Å². The van der Waals surface area contributed by atoms with Crippen molar-refractivity contribution in [3.05, 3.63) is 60.7 Å². The third kappa shape index (κ3) is 3.22. The van der Waals surface area contributed by atoms with Crippen molar-refractivity contribution in [3.63, 3.8) is 0 Å². The number of nitrogens with zero attached hydrogens (tertiary/aromatic N) is 2. The summed E-state index contributed by atoms with van der Waals surface area (Å²) in [6, 6.07) is 20.1. The molecule has 114 valence electrons. The molecule has 22 heavy (non-hydrogen) atoms. The summed E-state index contributed by atoms with van der Waals surface area (Å²) in [5, 5.41) is 2.94. The van der Waals surface area contributed by atoms with Gasteiger partial charge in [0.05, 0.1) is 6.04 Å². The standard InChI is InChI=1S/C18H21N3O/c1-20(18(22)19-15-8-4-2-5-9-15)17-12-13-21(14-17)16-10-6-3-7-11-16/h2-11,17H,12-14H2,1H3,(H,19,22)/t17-/m0/s1. The Morgan fingerprint density at radius 1 is 1.09 bits per heavy atom. The van der Waals surface area contributed by atoms with Gasteiger partial charge in [-0.05, 0) is 30.7 Å². The van der Waals surface area contributed by atoms with E-state index in [1.54, 1.807) is 0 Å². The topological polar surface area (TPSA) is 35.6 Å². The third-order valence-electron chi connectivity index (χ3n) is 4.18. The third-order valence-corrected chi connectivity index (χ3v) is 4.18. The van der Waals surface area contributed by atoms with Gasteiger partial charge in [-0.25, -0.2) is 4.79 Å². The molecule has 1 aliphatic rings. The second kappa shape index (κ2) is 6.52. The molecule has 1 atom stereocenters. The number of nitrogens with one attached hydrogen (secondary N) is 1. The number of carbonyl (C=O) groups excluding carboxylic acids is 1. The largest absolute Gasteiger partial charge is 0.369 e. The Bertz CT molecular complexity index is 615. The Morgan fingerprint density at radius 3 is 2.41 bits per heavy atom. The summed E-state index contributed by atoms with van der Waals surface area (Å²) in [6.45, 7) is 1.86. The summed E-state index contributed by atoms with van der Waals surface area (Å²) >= 11 is 0. The average Bonchev–Trinajstić information content (AvgIpc) is 3.06. The van der Waals surface area contributed by atoms with E-state index in [2.05, 4.69) is 34.5 Å². The average molecular weight is 295 g/mol. The molecular formula is C18H21N3O. The molecule has 0 saturated carbocycles. The van der Waals surface area contributed by atoms with E-state index in [1.807, 2.05) is 48.3 Å². The minimum atomic E-state index is -0.0499. The van der Waals surface area contributed by atoms with Crippen LogP contribution in [0.25, 0.3) is 0 Å². The van der Waals surface area contributed by atoms with Crippen LogP contribution < -0.4 is 10.2 Å². The molecule has 3 rings (SSSR count). The molecule has 1 N–H and O–H groups in total. The zero-order valence-electron chi connectivity index (χ0n) is 12.8. The predicted molar refractivity (Wildman–Crippen MR) is 90.3 cm³/mol. The Kier molecular flexibility index (Phi) is 4.28. The maximum Gasteiger partial charge on any atom is 0.321 e. The first-order valence-electron chi connectivity index (χ1n) is 7.63. The Labute approximate surface area is 131 Å². The van der Waals surface area contributed by atoms with Crippen molar-refractivity contribution in [1.82, 2.24) is 4.90 Å². The molecule has 0 bridgehead atoms. The Balaban J connectivity index is 1.59. The highest BCUT2D eigenvalue weighted by molar-refractivity contribution is 5.89. The van der Waals surface area contributed by atoms with Gasteiger partial charge >= 0.3 is 6.03 Å². The number of urea groups is 1. The van der Waals surface area contributed by atoms with E-state index < -0.39 is 0 Å².